The lowest BCUT2D eigenvalue weighted by atomic mass is 10.1. The Bertz CT molecular complexity index is 340. The molecule has 0 unspecified atom stereocenters. The van der Waals surface area contributed by atoms with Gasteiger partial charge in [0.1, 0.15) is 6.04 Å². The van der Waals surface area contributed by atoms with E-state index < -0.39 is 6.04 Å². The zero-order valence-electron chi connectivity index (χ0n) is 10.5. The fourth-order valence-electron chi connectivity index (χ4n) is 1.45. The number of nitrogens with one attached hydrogen (secondary N) is 1. The summed E-state index contributed by atoms with van der Waals surface area (Å²) >= 11 is 0. The largest absolute Gasteiger partial charge is 0.353 e. The van der Waals surface area contributed by atoms with E-state index in [1.165, 1.54) is 0 Å². The van der Waals surface area contributed by atoms with Gasteiger partial charge in [-0.1, -0.05) is 37.3 Å². The van der Waals surface area contributed by atoms with Gasteiger partial charge in [-0.3, -0.25) is 4.79 Å². The van der Waals surface area contributed by atoms with Crippen LogP contribution >= 0.6 is 0 Å². The minimum absolute atomic E-state index is 0.124. The lowest BCUT2D eigenvalue weighted by Gasteiger charge is -2.16. The Morgan fingerprint density at radius 2 is 2.06 bits per heavy atom. The Hall–Kier alpha value is -1.39. The summed E-state index contributed by atoms with van der Waals surface area (Å²) in [5.74, 6) is -0.124. The van der Waals surface area contributed by atoms with Gasteiger partial charge in [0.05, 0.1) is 0 Å². The molecule has 1 rings (SSSR count). The van der Waals surface area contributed by atoms with Crippen molar-refractivity contribution in [3.63, 3.8) is 0 Å². The number of nitrogens with zero attached hydrogens (tertiary/aromatic N) is 1. The predicted molar refractivity (Wildman–Crippen MR) is 69.6 cm³/mol. The second-order valence-electron chi connectivity index (χ2n) is 4.08. The number of nitrogens with two attached hydrogens (primary N) is 1. The van der Waals surface area contributed by atoms with Gasteiger partial charge >= 0.3 is 0 Å². The molecule has 3 N–H and O–H groups in total. The first-order valence-corrected chi connectivity index (χ1v) is 5.92. The highest BCUT2D eigenvalue weighted by molar-refractivity contribution is 5.82. The number of carbonyl (C=O) groups excluding carboxylic acids is 1. The maximum atomic E-state index is 11.8. The topological polar surface area (TPSA) is 58.4 Å². The molecule has 0 bridgehead atoms. The zero-order valence-corrected chi connectivity index (χ0v) is 10.5. The van der Waals surface area contributed by atoms with Crippen LogP contribution in [0.15, 0.2) is 30.3 Å². The lowest BCUT2D eigenvalue weighted by molar-refractivity contribution is -0.122. The number of benzene rings is 1. The third-order valence-corrected chi connectivity index (χ3v) is 2.77. The molecule has 0 aromatic heterocycles. The molecule has 0 saturated heterocycles. The first-order valence-electron chi connectivity index (χ1n) is 5.92. The van der Waals surface area contributed by atoms with Crippen LogP contribution in [0.4, 0.5) is 0 Å². The molecule has 17 heavy (non-hydrogen) atoms. The zero-order chi connectivity index (χ0) is 12.7. The lowest BCUT2D eigenvalue weighted by Crippen LogP contribution is -2.38. The van der Waals surface area contributed by atoms with E-state index in [2.05, 4.69) is 17.1 Å². The molecular weight excluding hydrogens is 214 g/mol. The smallest absolute Gasteiger partial charge is 0.241 e. The molecule has 0 aliphatic heterocycles. The van der Waals surface area contributed by atoms with E-state index in [1.807, 2.05) is 37.4 Å². The summed E-state index contributed by atoms with van der Waals surface area (Å²) in [4.78, 5) is 13.9. The normalized spacial score (nSPS) is 12.5. The van der Waals surface area contributed by atoms with Crippen molar-refractivity contribution in [1.82, 2.24) is 10.2 Å². The summed E-state index contributed by atoms with van der Waals surface area (Å²) in [6.45, 7) is 4.52. The predicted octanol–water partition coefficient (Wildman–Crippen LogP) is 0.754. The summed E-state index contributed by atoms with van der Waals surface area (Å²) < 4.78 is 0. The second-order valence-corrected chi connectivity index (χ2v) is 4.08. The van der Waals surface area contributed by atoms with Crippen LogP contribution in [0.3, 0.4) is 0 Å². The monoisotopic (exact) mass is 235 g/mol. The van der Waals surface area contributed by atoms with Crippen molar-refractivity contribution in [3.8, 4) is 0 Å². The summed E-state index contributed by atoms with van der Waals surface area (Å²) in [5, 5.41) is 2.84. The molecule has 4 heteroatoms. The maximum absolute atomic E-state index is 11.8. The molecular formula is C13H21N3O. The first kappa shape index (κ1) is 13.7. The summed E-state index contributed by atoms with van der Waals surface area (Å²) in [7, 11) is 2.02. The van der Waals surface area contributed by atoms with Gasteiger partial charge in [-0.25, -0.2) is 0 Å². The van der Waals surface area contributed by atoms with Gasteiger partial charge in [0.15, 0.2) is 0 Å². The number of carbonyl (C=O) groups is 1. The molecule has 0 heterocycles. The number of hydrogen-bond donors (Lipinski definition) is 2. The van der Waals surface area contributed by atoms with E-state index >= 15 is 0 Å². The maximum Gasteiger partial charge on any atom is 0.241 e. The third kappa shape index (κ3) is 4.54. The van der Waals surface area contributed by atoms with Crippen LogP contribution in [0, 0.1) is 0 Å². The van der Waals surface area contributed by atoms with Crippen molar-refractivity contribution in [1.29, 1.82) is 0 Å². The van der Waals surface area contributed by atoms with Gasteiger partial charge in [0.25, 0.3) is 0 Å². The SMILES string of the molecule is CCN(C)CCNC(=O)[C@H](N)c1ccccc1. The minimum atomic E-state index is -0.580. The van der Waals surface area contributed by atoms with Gasteiger partial charge in [0.2, 0.25) is 5.91 Å². The van der Waals surface area contributed by atoms with Crippen molar-refractivity contribution < 1.29 is 4.79 Å². The number of likely N-dealkylation sites (N-methyl/N-ethyl adjacent to an activating group) is 1. The van der Waals surface area contributed by atoms with E-state index in [4.69, 9.17) is 5.73 Å². The van der Waals surface area contributed by atoms with Crippen molar-refractivity contribution in [2.75, 3.05) is 26.7 Å². The molecule has 94 valence electrons. The quantitative estimate of drug-likeness (QED) is 0.765. The van der Waals surface area contributed by atoms with Gasteiger partial charge < -0.3 is 16.0 Å². The molecule has 0 aliphatic carbocycles. The van der Waals surface area contributed by atoms with E-state index in [1.54, 1.807) is 0 Å². The highest BCUT2D eigenvalue weighted by Gasteiger charge is 2.14. The highest BCUT2D eigenvalue weighted by Crippen LogP contribution is 2.08. The summed E-state index contributed by atoms with van der Waals surface area (Å²) in [5.41, 5.74) is 6.70. The average Bonchev–Trinajstić information content (AvgIpc) is 2.38. The van der Waals surface area contributed by atoms with Crippen molar-refractivity contribution >= 4 is 5.91 Å². The molecule has 0 fully saturated rings. The third-order valence-electron chi connectivity index (χ3n) is 2.77. The van der Waals surface area contributed by atoms with Crippen molar-refractivity contribution in [3.05, 3.63) is 35.9 Å². The average molecular weight is 235 g/mol. The van der Waals surface area contributed by atoms with Crippen LogP contribution in [-0.2, 0) is 4.79 Å². The van der Waals surface area contributed by atoms with E-state index in [0.717, 1.165) is 18.7 Å². The number of hydrogen-bond acceptors (Lipinski definition) is 3. The van der Waals surface area contributed by atoms with Crippen LogP contribution < -0.4 is 11.1 Å². The van der Waals surface area contributed by atoms with E-state index in [0.29, 0.717) is 6.54 Å². The van der Waals surface area contributed by atoms with E-state index in [9.17, 15) is 4.79 Å². The Morgan fingerprint density at radius 3 is 2.65 bits per heavy atom. The Kier molecular flexibility index (Phi) is 5.66. The standard InChI is InChI=1S/C13H21N3O/c1-3-16(2)10-9-15-13(17)12(14)11-7-5-4-6-8-11/h4-8,12H,3,9-10,14H2,1-2H3,(H,15,17)/t12-/m1/s1. The van der Waals surface area contributed by atoms with Crippen LogP contribution in [0.25, 0.3) is 0 Å². The van der Waals surface area contributed by atoms with Gasteiger partial charge in [0, 0.05) is 13.1 Å². The molecule has 1 aromatic carbocycles. The minimum Gasteiger partial charge on any atom is -0.353 e. The van der Waals surface area contributed by atoms with Crippen LogP contribution in [0.1, 0.15) is 18.5 Å². The van der Waals surface area contributed by atoms with Crippen LogP contribution in [0.5, 0.6) is 0 Å². The van der Waals surface area contributed by atoms with Gasteiger partial charge in [-0.2, -0.15) is 0 Å². The van der Waals surface area contributed by atoms with Gasteiger partial charge in [-0.15, -0.1) is 0 Å². The Morgan fingerprint density at radius 1 is 1.41 bits per heavy atom. The van der Waals surface area contributed by atoms with E-state index in [-0.39, 0.29) is 5.91 Å². The summed E-state index contributed by atoms with van der Waals surface area (Å²) in [6.07, 6.45) is 0. The fraction of sp³-hybridized carbons (Fsp3) is 0.462. The molecule has 0 radical (unpaired) electrons. The molecule has 1 amide bonds. The van der Waals surface area contributed by atoms with Gasteiger partial charge in [-0.05, 0) is 19.2 Å². The molecule has 0 aliphatic rings. The van der Waals surface area contributed by atoms with Crippen LogP contribution in [-0.4, -0.2) is 37.5 Å². The fourth-order valence-corrected chi connectivity index (χ4v) is 1.45. The van der Waals surface area contributed by atoms with Crippen molar-refractivity contribution in [2.45, 2.75) is 13.0 Å². The molecule has 0 spiro atoms. The first-order chi connectivity index (χ1) is 8.15. The Balaban J connectivity index is 2.38. The second kappa shape index (κ2) is 7.04. The highest BCUT2D eigenvalue weighted by atomic mass is 16.2. The number of amides is 1. The molecule has 1 atom stereocenters. The van der Waals surface area contributed by atoms with Crippen molar-refractivity contribution in [2.24, 2.45) is 5.73 Å². The Labute approximate surface area is 103 Å². The summed E-state index contributed by atoms with van der Waals surface area (Å²) in [6, 6.07) is 8.82. The number of rotatable bonds is 6. The van der Waals surface area contributed by atoms with Crippen LogP contribution in [0.2, 0.25) is 0 Å². The molecule has 0 saturated carbocycles. The molecule has 4 nitrogen and oxygen atoms in total. The molecule has 1 aromatic rings.